The highest BCUT2D eigenvalue weighted by Gasteiger charge is 2.12. The summed E-state index contributed by atoms with van der Waals surface area (Å²) in [5, 5.41) is 14.0. The molecule has 25 heavy (non-hydrogen) atoms. The zero-order valence-electron chi connectivity index (χ0n) is 12.9. The molecule has 0 spiro atoms. The Balaban J connectivity index is 1.85. The summed E-state index contributed by atoms with van der Waals surface area (Å²) in [4.78, 5) is 13.7. The van der Waals surface area contributed by atoms with E-state index in [4.69, 9.17) is 0 Å². The van der Waals surface area contributed by atoms with Gasteiger partial charge in [-0.3, -0.25) is 9.51 Å². The number of aromatic amines is 1. The molecule has 2 heterocycles. The second kappa shape index (κ2) is 6.07. The number of H-pyrrole nitrogens is 1. The summed E-state index contributed by atoms with van der Waals surface area (Å²) < 4.78 is 7.58. The Kier molecular flexibility index (Phi) is 3.75. The standard InChI is InChI=1S/C18H11BrN4O2/c19-14-3-1-2-11(6-14)9-23-10-13(8-20)15-5-4-12(7-16(15)23)17-21-18(24)25-22-17/h1-7,10H,9H2,(H,21,22,24). The van der Waals surface area contributed by atoms with Crippen molar-refractivity contribution in [3.8, 4) is 17.5 Å². The lowest BCUT2D eigenvalue weighted by Crippen LogP contribution is -1.98. The number of hydrogen-bond acceptors (Lipinski definition) is 4. The summed E-state index contributed by atoms with van der Waals surface area (Å²) in [5.74, 6) is -0.238. The molecule has 0 saturated carbocycles. The number of halogens is 1. The first-order chi connectivity index (χ1) is 12.1. The Hall–Kier alpha value is -3.11. The van der Waals surface area contributed by atoms with Gasteiger partial charge in [-0.15, -0.1) is 0 Å². The van der Waals surface area contributed by atoms with Crippen molar-refractivity contribution in [3.05, 3.63) is 74.8 Å². The van der Waals surface area contributed by atoms with Crippen LogP contribution in [0.4, 0.5) is 0 Å². The van der Waals surface area contributed by atoms with E-state index in [1.807, 2.05) is 47.2 Å². The molecule has 7 heteroatoms. The molecule has 0 aliphatic carbocycles. The Bertz CT molecular complexity index is 1180. The van der Waals surface area contributed by atoms with E-state index >= 15 is 0 Å². The fourth-order valence-corrected chi connectivity index (χ4v) is 3.29. The fraction of sp³-hybridized carbons (Fsp3) is 0.0556. The van der Waals surface area contributed by atoms with Crippen molar-refractivity contribution < 1.29 is 4.52 Å². The smallest absolute Gasteiger partial charge is 0.342 e. The first-order valence-electron chi connectivity index (χ1n) is 7.48. The van der Waals surface area contributed by atoms with Crippen molar-refractivity contribution in [2.24, 2.45) is 0 Å². The van der Waals surface area contributed by atoms with Crippen molar-refractivity contribution in [2.75, 3.05) is 0 Å². The predicted octanol–water partition coefficient (Wildman–Crippen LogP) is 3.67. The summed E-state index contributed by atoms with van der Waals surface area (Å²) in [5.41, 5.74) is 3.32. The molecular weight excluding hydrogens is 384 g/mol. The Labute approximate surface area is 150 Å². The third-order valence-corrected chi connectivity index (χ3v) is 4.45. The molecule has 2 aromatic heterocycles. The van der Waals surface area contributed by atoms with Gasteiger partial charge in [-0.05, 0) is 23.8 Å². The molecule has 6 nitrogen and oxygen atoms in total. The van der Waals surface area contributed by atoms with E-state index in [2.05, 4.69) is 36.7 Å². The summed E-state index contributed by atoms with van der Waals surface area (Å²) in [6, 6.07) is 15.8. The summed E-state index contributed by atoms with van der Waals surface area (Å²) in [6.07, 6.45) is 1.83. The first-order valence-corrected chi connectivity index (χ1v) is 8.27. The summed E-state index contributed by atoms with van der Waals surface area (Å²) in [6.45, 7) is 0.621. The van der Waals surface area contributed by atoms with Crippen molar-refractivity contribution >= 4 is 26.8 Å². The number of nitriles is 1. The minimum absolute atomic E-state index is 0.362. The van der Waals surface area contributed by atoms with Crippen molar-refractivity contribution in [3.63, 3.8) is 0 Å². The number of rotatable bonds is 3. The van der Waals surface area contributed by atoms with Crippen LogP contribution in [0.2, 0.25) is 0 Å². The van der Waals surface area contributed by atoms with E-state index in [-0.39, 0.29) is 0 Å². The topological polar surface area (TPSA) is 87.6 Å². The number of fused-ring (bicyclic) bond motifs is 1. The monoisotopic (exact) mass is 394 g/mol. The van der Waals surface area contributed by atoms with Crippen LogP contribution >= 0.6 is 15.9 Å². The number of aromatic nitrogens is 3. The third-order valence-electron chi connectivity index (χ3n) is 3.96. The molecule has 122 valence electrons. The lowest BCUT2D eigenvalue weighted by Gasteiger charge is -2.07. The molecule has 4 rings (SSSR count). The van der Waals surface area contributed by atoms with Crippen LogP contribution in [0.15, 0.2) is 62.5 Å². The first kappa shape index (κ1) is 15.4. The number of benzene rings is 2. The van der Waals surface area contributed by atoms with Crippen molar-refractivity contribution in [1.82, 2.24) is 14.7 Å². The quantitative estimate of drug-likeness (QED) is 0.574. The maximum atomic E-state index is 11.2. The zero-order chi connectivity index (χ0) is 17.4. The van der Waals surface area contributed by atoms with Gasteiger partial charge in [-0.2, -0.15) is 5.26 Å². The van der Waals surface area contributed by atoms with Crippen LogP contribution in [0.3, 0.4) is 0 Å². The lowest BCUT2D eigenvalue weighted by molar-refractivity contribution is 0.388. The minimum Gasteiger partial charge on any atom is -0.342 e. The SMILES string of the molecule is N#Cc1cn(Cc2cccc(Br)c2)c2cc(-c3noc(=O)[nH]3)ccc12. The molecule has 0 amide bonds. The molecule has 0 bridgehead atoms. The normalized spacial score (nSPS) is 10.9. The van der Waals surface area contributed by atoms with Gasteiger partial charge in [0.05, 0.1) is 11.1 Å². The number of hydrogen-bond donors (Lipinski definition) is 1. The van der Waals surface area contributed by atoms with Crippen LogP contribution < -0.4 is 5.76 Å². The van der Waals surface area contributed by atoms with Gasteiger partial charge in [0, 0.05) is 28.2 Å². The van der Waals surface area contributed by atoms with Gasteiger partial charge in [-0.25, -0.2) is 4.79 Å². The second-order valence-electron chi connectivity index (χ2n) is 5.59. The van der Waals surface area contributed by atoms with Crippen LogP contribution in [-0.2, 0) is 6.54 Å². The van der Waals surface area contributed by atoms with Gasteiger partial charge in [-0.1, -0.05) is 45.4 Å². The van der Waals surface area contributed by atoms with Crippen LogP contribution in [0.25, 0.3) is 22.3 Å². The van der Waals surface area contributed by atoms with E-state index in [1.54, 1.807) is 6.07 Å². The van der Waals surface area contributed by atoms with Crippen LogP contribution in [-0.4, -0.2) is 14.7 Å². The molecule has 0 saturated heterocycles. The molecule has 0 aliphatic rings. The number of nitrogens with zero attached hydrogens (tertiary/aromatic N) is 3. The molecule has 0 fully saturated rings. The largest absolute Gasteiger partial charge is 0.439 e. The lowest BCUT2D eigenvalue weighted by atomic mass is 10.1. The zero-order valence-corrected chi connectivity index (χ0v) is 14.4. The van der Waals surface area contributed by atoms with Gasteiger partial charge in [0.15, 0.2) is 5.82 Å². The maximum absolute atomic E-state index is 11.2. The molecule has 1 N–H and O–H groups in total. The average Bonchev–Trinajstić information content (AvgIpc) is 3.18. The molecule has 2 aromatic carbocycles. The Morgan fingerprint density at radius 3 is 2.88 bits per heavy atom. The molecule has 0 aliphatic heterocycles. The van der Waals surface area contributed by atoms with Gasteiger partial charge < -0.3 is 4.57 Å². The van der Waals surface area contributed by atoms with E-state index in [0.29, 0.717) is 17.9 Å². The highest BCUT2D eigenvalue weighted by atomic mass is 79.9. The molecule has 4 aromatic rings. The Morgan fingerprint density at radius 2 is 2.16 bits per heavy atom. The predicted molar refractivity (Wildman–Crippen MR) is 96.0 cm³/mol. The molecule has 0 atom stereocenters. The van der Waals surface area contributed by atoms with Gasteiger partial charge in [0.25, 0.3) is 0 Å². The van der Waals surface area contributed by atoms with Crippen molar-refractivity contribution in [2.45, 2.75) is 6.54 Å². The van der Waals surface area contributed by atoms with E-state index in [1.165, 1.54) is 0 Å². The van der Waals surface area contributed by atoms with Crippen LogP contribution in [0.1, 0.15) is 11.1 Å². The average molecular weight is 395 g/mol. The van der Waals surface area contributed by atoms with Crippen LogP contribution in [0.5, 0.6) is 0 Å². The Morgan fingerprint density at radius 1 is 1.28 bits per heavy atom. The van der Waals surface area contributed by atoms with Crippen molar-refractivity contribution in [1.29, 1.82) is 5.26 Å². The van der Waals surface area contributed by atoms with Gasteiger partial charge in [0.1, 0.15) is 6.07 Å². The molecule has 0 radical (unpaired) electrons. The van der Waals surface area contributed by atoms with Gasteiger partial charge in [0.2, 0.25) is 0 Å². The number of nitrogens with one attached hydrogen (secondary N) is 1. The maximum Gasteiger partial charge on any atom is 0.439 e. The molecular formula is C18H11BrN4O2. The third kappa shape index (κ3) is 2.88. The van der Waals surface area contributed by atoms with Gasteiger partial charge >= 0.3 is 5.76 Å². The van der Waals surface area contributed by atoms with E-state index in [9.17, 15) is 10.1 Å². The highest BCUT2D eigenvalue weighted by molar-refractivity contribution is 9.10. The molecule has 0 unspecified atom stereocenters. The summed E-state index contributed by atoms with van der Waals surface area (Å²) in [7, 11) is 0. The minimum atomic E-state index is -0.600. The second-order valence-corrected chi connectivity index (χ2v) is 6.50. The summed E-state index contributed by atoms with van der Waals surface area (Å²) >= 11 is 3.47. The van der Waals surface area contributed by atoms with E-state index in [0.717, 1.165) is 26.5 Å². The fourth-order valence-electron chi connectivity index (χ4n) is 2.85. The van der Waals surface area contributed by atoms with Crippen LogP contribution in [0, 0.1) is 11.3 Å². The highest BCUT2D eigenvalue weighted by Crippen LogP contribution is 2.27. The van der Waals surface area contributed by atoms with E-state index < -0.39 is 5.76 Å².